The van der Waals surface area contributed by atoms with Crippen molar-refractivity contribution in [3.05, 3.63) is 35.4 Å². The van der Waals surface area contributed by atoms with E-state index in [-0.39, 0.29) is 6.04 Å². The third-order valence-electron chi connectivity index (χ3n) is 2.94. The zero-order chi connectivity index (χ0) is 13.6. The predicted molar refractivity (Wildman–Crippen MR) is 67.4 cm³/mol. The van der Waals surface area contributed by atoms with Crippen molar-refractivity contribution in [3.8, 4) is 0 Å². The highest BCUT2D eigenvalue weighted by molar-refractivity contribution is 5.26. The molecule has 0 radical (unpaired) electrons. The van der Waals surface area contributed by atoms with E-state index in [1.54, 1.807) is 12.1 Å². The Kier molecular flexibility index (Phi) is 5.66. The smallest absolute Gasteiger partial charge is 0.310 e. The van der Waals surface area contributed by atoms with Gasteiger partial charge in [0.15, 0.2) is 0 Å². The summed E-state index contributed by atoms with van der Waals surface area (Å²) in [6.07, 6.45) is -1.15. The van der Waals surface area contributed by atoms with Crippen LogP contribution in [0.2, 0.25) is 0 Å². The first-order chi connectivity index (χ1) is 8.49. The van der Waals surface area contributed by atoms with E-state index in [0.29, 0.717) is 0 Å². The van der Waals surface area contributed by atoms with Gasteiger partial charge in [-0.1, -0.05) is 38.8 Å². The molecule has 0 aromatic heterocycles. The van der Waals surface area contributed by atoms with Gasteiger partial charge in [-0.15, -0.1) is 0 Å². The fourth-order valence-electron chi connectivity index (χ4n) is 1.95. The van der Waals surface area contributed by atoms with Gasteiger partial charge in [-0.25, -0.2) is 0 Å². The number of hydrogen-bond donors (Lipinski definition) is 1. The zero-order valence-corrected chi connectivity index (χ0v) is 10.8. The summed E-state index contributed by atoms with van der Waals surface area (Å²) in [6, 6.07) is 5.62. The van der Waals surface area contributed by atoms with Crippen LogP contribution < -0.4 is 5.32 Å². The van der Waals surface area contributed by atoms with E-state index in [4.69, 9.17) is 0 Å². The maximum absolute atomic E-state index is 12.5. The summed E-state index contributed by atoms with van der Waals surface area (Å²) in [6.45, 7) is 4.92. The Bertz CT molecular complexity index is 343. The lowest BCUT2D eigenvalue weighted by Crippen LogP contribution is -2.21. The highest BCUT2D eigenvalue weighted by Crippen LogP contribution is 2.30. The third-order valence-corrected chi connectivity index (χ3v) is 2.94. The van der Waals surface area contributed by atoms with Crippen LogP contribution in [0, 0.1) is 0 Å². The van der Waals surface area contributed by atoms with Crippen LogP contribution in [0.15, 0.2) is 24.3 Å². The van der Waals surface area contributed by atoms with Crippen molar-refractivity contribution < 1.29 is 13.2 Å². The molecule has 0 bridgehead atoms. The van der Waals surface area contributed by atoms with Gasteiger partial charge in [-0.05, 0) is 30.7 Å². The molecule has 1 nitrogen and oxygen atoms in total. The monoisotopic (exact) mass is 259 g/mol. The summed E-state index contributed by atoms with van der Waals surface area (Å²) < 4.78 is 37.4. The number of benzene rings is 1. The molecule has 0 saturated heterocycles. The lowest BCUT2D eigenvalue weighted by Gasteiger charge is -2.18. The Hall–Kier alpha value is -1.03. The van der Waals surface area contributed by atoms with Crippen molar-refractivity contribution in [1.82, 2.24) is 5.32 Å². The first-order valence-corrected chi connectivity index (χ1v) is 6.39. The number of nitrogens with one attached hydrogen (secondary N) is 1. The van der Waals surface area contributed by atoms with E-state index in [2.05, 4.69) is 12.2 Å². The Balaban J connectivity index is 2.79. The standard InChI is InChI=1S/C14H20F3N/c1-3-5-6-13(18-4-2)11-7-9-12(10-8-11)14(15,16)17/h7-10,13,18H,3-6H2,1-2H3. The predicted octanol–water partition coefficient (Wildman–Crippen LogP) is 4.55. The summed E-state index contributed by atoms with van der Waals surface area (Å²) in [5, 5.41) is 3.31. The van der Waals surface area contributed by atoms with Crippen LogP contribution in [-0.4, -0.2) is 6.54 Å². The van der Waals surface area contributed by atoms with E-state index in [1.165, 1.54) is 0 Å². The van der Waals surface area contributed by atoms with E-state index in [0.717, 1.165) is 43.5 Å². The van der Waals surface area contributed by atoms with Crippen LogP contribution in [0.3, 0.4) is 0 Å². The zero-order valence-electron chi connectivity index (χ0n) is 10.8. The van der Waals surface area contributed by atoms with Crippen molar-refractivity contribution in [2.24, 2.45) is 0 Å². The molecule has 0 saturated carbocycles. The maximum atomic E-state index is 12.5. The molecular weight excluding hydrogens is 239 g/mol. The minimum absolute atomic E-state index is 0.150. The van der Waals surface area contributed by atoms with Crippen LogP contribution in [0.25, 0.3) is 0 Å². The molecule has 0 fully saturated rings. The Morgan fingerprint density at radius 2 is 1.72 bits per heavy atom. The SMILES string of the molecule is CCCCC(NCC)c1ccc(C(F)(F)F)cc1. The summed E-state index contributed by atoms with van der Waals surface area (Å²) in [5.41, 5.74) is 0.343. The van der Waals surface area contributed by atoms with Crippen molar-refractivity contribution in [1.29, 1.82) is 0 Å². The minimum atomic E-state index is -4.25. The second-order valence-corrected chi connectivity index (χ2v) is 4.37. The molecular formula is C14H20F3N. The average molecular weight is 259 g/mol. The Morgan fingerprint density at radius 3 is 2.17 bits per heavy atom. The van der Waals surface area contributed by atoms with Gasteiger partial charge in [-0.2, -0.15) is 13.2 Å². The summed E-state index contributed by atoms with van der Waals surface area (Å²) >= 11 is 0. The second kappa shape index (κ2) is 6.78. The van der Waals surface area contributed by atoms with Gasteiger partial charge >= 0.3 is 6.18 Å². The minimum Gasteiger partial charge on any atom is -0.310 e. The Labute approximate surface area is 106 Å². The normalized spacial score (nSPS) is 13.6. The average Bonchev–Trinajstić information content (AvgIpc) is 2.33. The van der Waals surface area contributed by atoms with E-state index in [1.807, 2.05) is 6.92 Å². The molecule has 1 aromatic carbocycles. The van der Waals surface area contributed by atoms with Crippen molar-refractivity contribution in [2.75, 3.05) is 6.54 Å². The second-order valence-electron chi connectivity index (χ2n) is 4.37. The number of alkyl halides is 3. The van der Waals surface area contributed by atoms with Crippen LogP contribution in [0.1, 0.15) is 50.3 Å². The van der Waals surface area contributed by atoms with Crippen molar-refractivity contribution >= 4 is 0 Å². The quantitative estimate of drug-likeness (QED) is 0.790. The third kappa shape index (κ3) is 4.33. The molecule has 4 heteroatoms. The van der Waals surface area contributed by atoms with E-state index < -0.39 is 11.7 Å². The molecule has 1 N–H and O–H groups in total. The van der Waals surface area contributed by atoms with Gasteiger partial charge in [0.05, 0.1) is 5.56 Å². The van der Waals surface area contributed by atoms with Crippen LogP contribution in [-0.2, 0) is 6.18 Å². The Morgan fingerprint density at radius 1 is 1.11 bits per heavy atom. The first-order valence-electron chi connectivity index (χ1n) is 6.39. The highest BCUT2D eigenvalue weighted by atomic mass is 19.4. The molecule has 18 heavy (non-hydrogen) atoms. The lowest BCUT2D eigenvalue weighted by molar-refractivity contribution is -0.137. The van der Waals surface area contributed by atoms with Crippen LogP contribution in [0.5, 0.6) is 0 Å². The molecule has 1 unspecified atom stereocenters. The fourth-order valence-corrected chi connectivity index (χ4v) is 1.95. The number of halogens is 3. The van der Waals surface area contributed by atoms with Gasteiger partial charge in [0.1, 0.15) is 0 Å². The molecule has 102 valence electrons. The maximum Gasteiger partial charge on any atom is 0.416 e. The fraction of sp³-hybridized carbons (Fsp3) is 0.571. The van der Waals surface area contributed by atoms with Crippen LogP contribution in [0.4, 0.5) is 13.2 Å². The van der Waals surface area contributed by atoms with E-state index in [9.17, 15) is 13.2 Å². The molecule has 0 amide bonds. The molecule has 0 heterocycles. The molecule has 0 spiro atoms. The van der Waals surface area contributed by atoms with E-state index >= 15 is 0 Å². The molecule has 1 aromatic rings. The highest BCUT2D eigenvalue weighted by Gasteiger charge is 2.30. The van der Waals surface area contributed by atoms with Gasteiger partial charge in [0, 0.05) is 6.04 Å². The molecule has 1 rings (SSSR count). The molecule has 0 aliphatic heterocycles. The summed E-state index contributed by atoms with van der Waals surface area (Å²) in [4.78, 5) is 0. The summed E-state index contributed by atoms with van der Waals surface area (Å²) in [5.74, 6) is 0. The first kappa shape index (κ1) is 15.0. The van der Waals surface area contributed by atoms with Crippen molar-refractivity contribution in [3.63, 3.8) is 0 Å². The van der Waals surface area contributed by atoms with Crippen molar-refractivity contribution in [2.45, 2.75) is 45.3 Å². The largest absolute Gasteiger partial charge is 0.416 e. The molecule has 1 atom stereocenters. The van der Waals surface area contributed by atoms with Gasteiger partial charge in [0.25, 0.3) is 0 Å². The number of hydrogen-bond acceptors (Lipinski definition) is 1. The topological polar surface area (TPSA) is 12.0 Å². The van der Waals surface area contributed by atoms with Gasteiger partial charge in [0.2, 0.25) is 0 Å². The lowest BCUT2D eigenvalue weighted by atomic mass is 10.00. The van der Waals surface area contributed by atoms with Gasteiger partial charge < -0.3 is 5.32 Å². The van der Waals surface area contributed by atoms with Crippen LogP contribution >= 0.6 is 0 Å². The number of rotatable bonds is 6. The summed E-state index contributed by atoms with van der Waals surface area (Å²) in [7, 11) is 0. The molecule has 0 aliphatic rings. The van der Waals surface area contributed by atoms with Gasteiger partial charge in [-0.3, -0.25) is 0 Å². The molecule has 0 aliphatic carbocycles. The number of unbranched alkanes of at least 4 members (excludes halogenated alkanes) is 1.